The Labute approximate surface area is 203 Å². The standard InChI is InChI=1S/C22H26ClN3O7S/c1-4-32-11-5-10-24-21(28)17-12-16(7-8-18(17)23)34(30,31)26-20(27)15-6-9-19(25-13-15)22(29)33-14(2)3/h6-9,12-14H,4-5,10-11H2,1-3H3,(H,24,28)(H,26,27). The molecule has 0 aliphatic carbocycles. The lowest BCUT2D eigenvalue weighted by molar-refractivity contribution is 0.0370. The Morgan fingerprint density at radius 3 is 2.47 bits per heavy atom. The molecule has 1 aromatic heterocycles. The highest BCUT2D eigenvalue weighted by molar-refractivity contribution is 7.90. The normalized spacial score (nSPS) is 11.2. The number of pyridine rings is 1. The number of carbonyl (C=O) groups is 3. The summed E-state index contributed by atoms with van der Waals surface area (Å²) in [7, 11) is -4.33. The van der Waals surface area contributed by atoms with Gasteiger partial charge >= 0.3 is 5.97 Å². The molecule has 1 heterocycles. The molecule has 0 aliphatic heterocycles. The van der Waals surface area contributed by atoms with Crippen LogP contribution in [0.4, 0.5) is 0 Å². The quantitative estimate of drug-likeness (QED) is 0.346. The maximum absolute atomic E-state index is 12.7. The van der Waals surface area contributed by atoms with Gasteiger partial charge < -0.3 is 14.8 Å². The van der Waals surface area contributed by atoms with Crippen LogP contribution in [0.5, 0.6) is 0 Å². The highest BCUT2D eigenvalue weighted by Gasteiger charge is 2.22. The van der Waals surface area contributed by atoms with E-state index in [-0.39, 0.29) is 32.8 Å². The van der Waals surface area contributed by atoms with E-state index < -0.39 is 27.8 Å². The van der Waals surface area contributed by atoms with Crippen LogP contribution in [-0.4, -0.2) is 57.0 Å². The van der Waals surface area contributed by atoms with Crippen molar-refractivity contribution in [3.05, 3.63) is 58.4 Å². The monoisotopic (exact) mass is 511 g/mol. The summed E-state index contributed by atoms with van der Waals surface area (Å²) in [6.07, 6.45) is 1.29. The van der Waals surface area contributed by atoms with Crippen molar-refractivity contribution >= 4 is 39.4 Å². The molecule has 0 radical (unpaired) electrons. The van der Waals surface area contributed by atoms with Crippen LogP contribution < -0.4 is 10.0 Å². The number of amides is 2. The molecule has 0 spiro atoms. The Balaban J connectivity index is 2.11. The number of aromatic nitrogens is 1. The summed E-state index contributed by atoms with van der Waals surface area (Å²) in [5.41, 5.74) is -0.170. The van der Waals surface area contributed by atoms with E-state index in [1.165, 1.54) is 24.3 Å². The van der Waals surface area contributed by atoms with Gasteiger partial charge in [-0.25, -0.2) is 22.9 Å². The zero-order chi connectivity index (χ0) is 25.3. The Morgan fingerprint density at radius 1 is 1.12 bits per heavy atom. The average Bonchev–Trinajstić information content (AvgIpc) is 2.78. The number of hydrogen-bond donors (Lipinski definition) is 2. The lowest BCUT2D eigenvalue weighted by Gasteiger charge is -2.11. The summed E-state index contributed by atoms with van der Waals surface area (Å²) in [6.45, 7) is 6.57. The third-order valence-electron chi connectivity index (χ3n) is 4.25. The zero-order valence-corrected chi connectivity index (χ0v) is 20.5. The molecule has 0 aliphatic rings. The van der Waals surface area contributed by atoms with Gasteiger partial charge in [0.05, 0.1) is 27.1 Å². The number of ether oxygens (including phenoxy) is 2. The second-order valence-electron chi connectivity index (χ2n) is 7.27. The maximum Gasteiger partial charge on any atom is 0.357 e. The van der Waals surface area contributed by atoms with Gasteiger partial charge in [-0.05, 0) is 57.5 Å². The van der Waals surface area contributed by atoms with E-state index in [4.69, 9.17) is 21.1 Å². The number of benzene rings is 1. The Hall–Kier alpha value is -3.02. The summed E-state index contributed by atoms with van der Waals surface area (Å²) in [4.78, 5) is 40.2. The van der Waals surface area contributed by atoms with E-state index in [1.54, 1.807) is 13.8 Å². The van der Waals surface area contributed by atoms with Crippen molar-refractivity contribution in [3.8, 4) is 0 Å². The van der Waals surface area contributed by atoms with Crippen molar-refractivity contribution < 1.29 is 32.3 Å². The molecule has 0 fully saturated rings. The predicted molar refractivity (Wildman–Crippen MR) is 124 cm³/mol. The molecule has 2 aromatic rings. The topological polar surface area (TPSA) is 141 Å². The van der Waals surface area contributed by atoms with Crippen LogP contribution in [0.3, 0.4) is 0 Å². The fourth-order valence-electron chi connectivity index (χ4n) is 2.62. The molecule has 184 valence electrons. The fraction of sp³-hybridized carbons (Fsp3) is 0.364. The minimum Gasteiger partial charge on any atom is -0.458 e. The van der Waals surface area contributed by atoms with Crippen molar-refractivity contribution in [3.63, 3.8) is 0 Å². The summed E-state index contributed by atoms with van der Waals surface area (Å²) in [5, 5.41) is 2.69. The molecule has 0 unspecified atom stereocenters. The number of esters is 1. The van der Waals surface area contributed by atoms with Crippen LogP contribution in [0.1, 0.15) is 58.4 Å². The number of sulfonamides is 1. The summed E-state index contributed by atoms with van der Waals surface area (Å²) in [5.74, 6) is -2.19. The Bertz CT molecular complexity index is 1140. The number of nitrogens with one attached hydrogen (secondary N) is 2. The fourth-order valence-corrected chi connectivity index (χ4v) is 3.83. The molecule has 1 aromatic carbocycles. The van der Waals surface area contributed by atoms with Crippen molar-refractivity contribution in [2.45, 2.75) is 38.2 Å². The molecule has 0 atom stereocenters. The van der Waals surface area contributed by atoms with E-state index in [2.05, 4.69) is 10.3 Å². The van der Waals surface area contributed by atoms with Gasteiger partial charge in [-0.2, -0.15) is 0 Å². The highest BCUT2D eigenvalue weighted by Crippen LogP contribution is 2.21. The maximum atomic E-state index is 12.7. The number of halogens is 1. The van der Waals surface area contributed by atoms with E-state index in [1.807, 2.05) is 11.6 Å². The molecule has 2 N–H and O–H groups in total. The SMILES string of the molecule is CCOCCCNC(=O)c1cc(S(=O)(=O)NC(=O)c2ccc(C(=O)OC(C)C)nc2)ccc1Cl. The third kappa shape index (κ3) is 7.79. The minimum absolute atomic E-state index is 0.0253. The molecular formula is C22H26ClN3O7S. The molecular weight excluding hydrogens is 486 g/mol. The van der Waals surface area contributed by atoms with E-state index in [9.17, 15) is 22.8 Å². The first-order valence-corrected chi connectivity index (χ1v) is 12.3. The van der Waals surface area contributed by atoms with Crippen molar-refractivity contribution in [1.82, 2.24) is 15.0 Å². The Morgan fingerprint density at radius 2 is 1.85 bits per heavy atom. The zero-order valence-electron chi connectivity index (χ0n) is 19.0. The van der Waals surface area contributed by atoms with Gasteiger partial charge in [0.15, 0.2) is 0 Å². The summed E-state index contributed by atoms with van der Waals surface area (Å²) < 4.78 is 37.5. The van der Waals surface area contributed by atoms with Crippen molar-refractivity contribution in [2.75, 3.05) is 19.8 Å². The van der Waals surface area contributed by atoms with Gasteiger partial charge in [0.2, 0.25) is 0 Å². The first-order valence-electron chi connectivity index (χ1n) is 10.4. The van der Waals surface area contributed by atoms with Crippen LogP contribution in [0.2, 0.25) is 5.02 Å². The van der Waals surface area contributed by atoms with Crippen LogP contribution in [0, 0.1) is 0 Å². The van der Waals surface area contributed by atoms with Crippen molar-refractivity contribution in [2.24, 2.45) is 0 Å². The highest BCUT2D eigenvalue weighted by atomic mass is 35.5. The molecule has 2 rings (SSSR count). The number of rotatable bonds is 11. The molecule has 2 amide bonds. The molecule has 12 heteroatoms. The Kier molecular flexibility index (Phi) is 9.97. The average molecular weight is 512 g/mol. The van der Waals surface area contributed by atoms with Crippen molar-refractivity contribution in [1.29, 1.82) is 0 Å². The molecule has 0 saturated heterocycles. The second kappa shape index (κ2) is 12.4. The van der Waals surface area contributed by atoms with E-state index in [0.717, 1.165) is 12.3 Å². The van der Waals surface area contributed by atoms with Crippen LogP contribution >= 0.6 is 11.6 Å². The number of nitrogens with zero attached hydrogens (tertiary/aromatic N) is 1. The predicted octanol–water partition coefficient (Wildman–Crippen LogP) is 2.58. The van der Waals surface area contributed by atoms with Gasteiger partial charge in [-0.3, -0.25) is 9.59 Å². The van der Waals surface area contributed by atoms with Crippen LogP contribution in [-0.2, 0) is 19.5 Å². The number of carbonyl (C=O) groups excluding carboxylic acids is 3. The van der Waals surface area contributed by atoms with E-state index in [0.29, 0.717) is 26.2 Å². The molecule has 0 bridgehead atoms. The van der Waals surface area contributed by atoms with Gasteiger partial charge in [0.25, 0.3) is 21.8 Å². The summed E-state index contributed by atoms with van der Waals surface area (Å²) >= 11 is 6.06. The first-order chi connectivity index (χ1) is 16.0. The van der Waals surface area contributed by atoms with E-state index >= 15 is 0 Å². The molecule has 34 heavy (non-hydrogen) atoms. The van der Waals surface area contributed by atoms with Gasteiger partial charge in [0, 0.05) is 26.0 Å². The van der Waals surface area contributed by atoms with Crippen LogP contribution in [0.15, 0.2) is 41.4 Å². The molecule has 0 saturated carbocycles. The van der Waals surface area contributed by atoms with Gasteiger partial charge in [-0.1, -0.05) is 11.6 Å². The smallest absolute Gasteiger partial charge is 0.357 e. The first kappa shape index (κ1) is 27.2. The summed E-state index contributed by atoms with van der Waals surface area (Å²) in [6, 6.07) is 6.01. The van der Waals surface area contributed by atoms with Gasteiger partial charge in [-0.15, -0.1) is 0 Å². The van der Waals surface area contributed by atoms with Crippen LogP contribution in [0.25, 0.3) is 0 Å². The molecule has 10 nitrogen and oxygen atoms in total. The second-order valence-corrected chi connectivity index (χ2v) is 9.36. The lowest BCUT2D eigenvalue weighted by Crippen LogP contribution is -2.31. The minimum atomic E-state index is -4.33. The lowest BCUT2D eigenvalue weighted by atomic mass is 10.2. The number of hydrogen-bond acceptors (Lipinski definition) is 8. The largest absolute Gasteiger partial charge is 0.458 e. The third-order valence-corrected chi connectivity index (χ3v) is 5.91. The van der Waals surface area contributed by atoms with Gasteiger partial charge in [0.1, 0.15) is 5.69 Å².